The number of carbonyl (C=O) groups excluding carboxylic acids is 2. The molecule has 1 fully saturated rings. The summed E-state index contributed by atoms with van der Waals surface area (Å²) in [7, 11) is 0. The van der Waals surface area contributed by atoms with E-state index in [0.717, 1.165) is 27.9 Å². The van der Waals surface area contributed by atoms with Gasteiger partial charge in [-0.15, -0.1) is 0 Å². The lowest BCUT2D eigenvalue weighted by Crippen LogP contribution is -2.30. The van der Waals surface area contributed by atoms with Crippen LogP contribution in [0.1, 0.15) is 34.0 Å². The van der Waals surface area contributed by atoms with Crippen molar-refractivity contribution in [2.45, 2.75) is 27.7 Å². The first-order chi connectivity index (χ1) is 18.3. The Labute approximate surface area is 221 Å². The largest absolute Gasteiger partial charge is 0.382 e. The Kier molecular flexibility index (Phi) is 6.47. The lowest BCUT2D eigenvalue weighted by atomic mass is 10.0. The van der Waals surface area contributed by atoms with Crippen molar-refractivity contribution in [3.8, 4) is 23.1 Å². The first-order valence-electron chi connectivity index (χ1n) is 12.4. The van der Waals surface area contributed by atoms with Crippen molar-refractivity contribution in [2.75, 3.05) is 35.7 Å². The van der Waals surface area contributed by atoms with Crippen LogP contribution in [-0.2, 0) is 4.79 Å². The highest BCUT2D eigenvalue weighted by Crippen LogP contribution is 2.33. The van der Waals surface area contributed by atoms with Crippen molar-refractivity contribution in [1.29, 1.82) is 0 Å². The molecule has 0 bridgehead atoms. The summed E-state index contributed by atoms with van der Waals surface area (Å²) in [6.45, 7) is 9.11. The average Bonchev–Trinajstić information content (AvgIpc) is 3.52. The molecule has 0 radical (unpaired) electrons. The summed E-state index contributed by atoms with van der Waals surface area (Å²) >= 11 is 0. The molecule has 5 rings (SSSR count). The summed E-state index contributed by atoms with van der Waals surface area (Å²) in [5.41, 5.74) is 12.8. The Bertz CT molecular complexity index is 1640. The molecule has 0 aliphatic carbocycles. The molecule has 9 nitrogen and oxygen atoms in total. The number of imidazole rings is 1. The van der Waals surface area contributed by atoms with Gasteiger partial charge in [-0.3, -0.25) is 14.0 Å². The van der Waals surface area contributed by atoms with Gasteiger partial charge in [-0.2, -0.15) is 0 Å². The summed E-state index contributed by atoms with van der Waals surface area (Å²) in [4.78, 5) is 38.3. The zero-order valence-electron chi connectivity index (χ0n) is 21.9. The molecule has 0 unspecified atom stereocenters. The van der Waals surface area contributed by atoms with Crippen LogP contribution in [-0.4, -0.2) is 50.8 Å². The molecule has 38 heavy (non-hydrogen) atoms. The maximum Gasteiger partial charge on any atom is 0.299 e. The predicted octanol–water partition coefficient (Wildman–Crippen LogP) is 3.79. The molecule has 1 aliphatic rings. The minimum atomic E-state index is -0.206. The molecule has 4 aromatic rings. The van der Waals surface area contributed by atoms with Crippen molar-refractivity contribution in [2.24, 2.45) is 0 Å². The molecule has 3 N–H and O–H groups in total. The number of nitrogens with zero attached hydrogens (tertiary/aromatic N) is 5. The molecule has 3 heterocycles. The van der Waals surface area contributed by atoms with Crippen LogP contribution in [0.2, 0.25) is 0 Å². The van der Waals surface area contributed by atoms with Crippen LogP contribution in [0.25, 0.3) is 16.8 Å². The molecule has 0 atom stereocenters. The molecule has 0 spiro atoms. The number of aromatic nitrogens is 3. The molecule has 1 saturated heterocycles. The number of hydrogen-bond acceptors (Lipinski definition) is 6. The van der Waals surface area contributed by atoms with E-state index in [1.54, 1.807) is 24.1 Å². The fraction of sp³-hybridized carbons (Fsp3) is 0.241. The number of amides is 2. The van der Waals surface area contributed by atoms with E-state index in [-0.39, 0.29) is 11.8 Å². The monoisotopic (exact) mass is 507 g/mol. The highest BCUT2D eigenvalue weighted by atomic mass is 16.2. The van der Waals surface area contributed by atoms with Gasteiger partial charge in [-0.25, -0.2) is 9.97 Å². The SMILES string of the molecule is CC#CC(=O)N1CCN(c2nc(-c3ccc(C(=O)Nc4ccc(C)cc4C)c(C)c3)c3c(N)nccn23)C1. The van der Waals surface area contributed by atoms with Gasteiger partial charge in [0.05, 0.1) is 6.67 Å². The van der Waals surface area contributed by atoms with Gasteiger partial charge in [0.1, 0.15) is 17.0 Å². The highest BCUT2D eigenvalue weighted by Gasteiger charge is 2.28. The molecular weight excluding hydrogens is 478 g/mol. The fourth-order valence-corrected chi connectivity index (χ4v) is 4.79. The van der Waals surface area contributed by atoms with E-state index in [2.05, 4.69) is 22.1 Å². The molecule has 2 aromatic carbocycles. The van der Waals surface area contributed by atoms with E-state index < -0.39 is 0 Å². The average molecular weight is 508 g/mol. The van der Waals surface area contributed by atoms with Crippen LogP contribution in [0, 0.1) is 32.6 Å². The number of benzene rings is 2. The number of carbonyl (C=O) groups is 2. The number of aryl methyl sites for hydroxylation is 3. The number of nitrogen functional groups attached to an aromatic ring is 1. The number of nitrogens with two attached hydrogens (primary N) is 1. The molecule has 192 valence electrons. The van der Waals surface area contributed by atoms with Crippen molar-refractivity contribution < 1.29 is 9.59 Å². The van der Waals surface area contributed by atoms with Gasteiger partial charge < -0.3 is 20.9 Å². The molecular formula is C29H29N7O2. The molecule has 2 aromatic heterocycles. The van der Waals surface area contributed by atoms with E-state index in [9.17, 15) is 9.59 Å². The maximum atomic E-state index is 13.1. The summed E-state index contributed by atoms with van der Waals surface area (Å²) in [5.74, 6) is 5.90. The Morgan fingerprint density at radius 1 is 1.05 bits per heavy atom. The summed E-state index contributed by atoms with van der Waals surface area (Å²) in [6.07, 6.45) is 3.44. The quantitative estimate of drug-likeness (QED) is 0.407. The third-order valence-electron chi connectivity index (χ3n) is 6.72. The van der Waals surface area contributed by atoms with Crippen LogP contribution >= 0.6 is 0 Å². The Balaban J connectivity index is 1.48. The second kappa shape index (κ2) is 9.90. The third kappa shape index (κ3) is 4.52. The summed E-state index contributed by atoms with van der Waals surface area (Å²) in [6, 6.07) is 11.6. The van der Waals surface area contributed by atoms with Gasteiger partial charge in [0.15, 0.2) is 0 Å². The van der Waals surface area contributed by atoms with Gasteiger partial charge in [-0.05, 0) is 62.9 Å². The molecule has 2 amide bonds. The van der Waals surface area contributed by atoms with Crippen molar-refractivity contribution in [3.63, 3.8) is 0 Å². The van der Waals surface area contributed by atoms with Crippen molar-refractivity contribution >= 4 is 34.8 Å². The second-order valence-corrected chi connectivity index (χ2v) is 9.44. The lowest BCUT2D eigenvalue weighted by molar-refractivity contribution is -0.124. The lowest BCUT2D eigenvalue weighted by Gasteiger charge is -2.17. The normalized spacial score (nSPS) is 12.9. The van der Waals surface area contributed by atoms with Crippen LogP contribution in [0.4, 0.5) is 17.5 Å². The van der Waals surface area contributed by atoms with Crippen LogP contribution in [0.5, 0.6) is 0 Å². The van der Waals surface area contributed by atoms with E-state index in [0.29, 0.717) is 48.3 Å². The number of fused-ring (bicyclic) bond motifs is 1. The van der Waals surface area contributed by atoms with Gasteiger partial charge in [0.2, 0.25) is 5.95 Å². The Morgan fingerprint density at radius 2 is 1.87 bits per heavy atom. The molecule has 0 saturated carbocycles. The summed E-state index contributed by atoms with van der Waals surface area (Å²) < 4.78 is 1.90. The maximum absolute atomic E-state index is 13.1. The molecule has 1 aliphatic heterocycles. The standard InChI is InChI=1S/C29H29N7O2/c1-5-6-24(37)34-13-14-35(17-34)29-33-25(26-27(30)31-11-12-36(26)29)21-8-9-22(19(3)16-21)28(38)32-23-10-7-18(2)15-20(23)4/h7-12,15-16H,13-14,17H2,1-4H3,(H2,30,31)(H,32,38). The first kappa shape index (κ1) is 24.8. The zero-order valence-corrected chi connectivity index (χ0v) is 21.9. The van der Waals surface area contributed by atoms with Gasteiger partial charge in [0, 0.05) is 42.3 Å². The minimum Gasteiger partial charge on any atom is -0.382 e. The summed E-state index contributed by atoms with van der Waals surface area (Å²) in [5, 5.41) is 3.02. The smallest absolute Gasteiger partial charge is 0.299 e. The number of rotatable bonds is 4. The van der Waals surface area contributed by atoms with Crippen LogP contribution < -0.4 is 16.0 Å². The van der Waals surface area contributed by atoms with Crippen molar-refractivity contribution in [3.05, 3.63) is 71.0 Å². The van der Waals surface area contributed by atoms with Gasteiger partial charge in [-0.1, -0.05) is 29.7 Å². The number of hydrogen-bond donors (Lipinski definition) is 2. The van der Waals surface area contributed by atoms with Crippen LogP contribution in [0.3, 0.4) is 0 Å². The Morgan fingerprint density at radius 3 is 2.61 bits per heavy atom. The number of nitrogens with one attached hydrogen (secondary N) is 1. The molecule has 9 heteroatoms. The predicted molar refractivity (Wildman–Crippen MR) is 149 cm³/mol. The minimum absolute atomic E-state index is 0.172. The fourth-order valence-electron chi connectivity index (χ4n) is 4.79. The van der Waals surface area contributed by atoms with E-state index >= 15 is 0 Å². The van der Waals surface area contributed by atoms with E-state index in [1.165, 1.54) is 0 Å². The van der Waals surface area contributed by atoms with E-state index in [1.807, 2.05) is 66.6 Å². The topological polar surface area (TPSA) is 109 Å². The third-order valence-corrected chi connectivity index (χ3v) is 6.72. The zero-order chi connectivity index (χ0) is 27.0. The van der Waals surface area contributed by atoms with Gasteiger partial charge >= 0.3 is 0 Å². The van der Waals surface area contributed by atoms with Gasteiger partial charge in [0.25, 0.3) is 11.8 Å². The highest BCUT2D eigenvalue weighted by molar-refractivity contribution is 6.06. The van der Waals surface area contributed by atoms with Crippen molar-refractivity contribution in [1.82, 2.24) is 19.3 Å². The number of anilines is 3. The first-order valence-corrected chi connectivity index (χ1v) is 12.4. The van der Waals surface area contributed by atoms with Crippen LogP contribution in [0.15, 0.2) is 48.8 Å². The Hall–Kier alpha value is -4.84. The second-order valence-electron chi connectivity index (χ2n) is 9.44. The van der Waals surface area contributed by atoms with E-state index in [4.69, 9.17) is 10.7 Å².